The number of Topliss-reactive ketones (excluding diaryl/α,β-unsaturated/α-hetero) is 5. The Balaban J connectivity index is 0.000000288. The van der Waals surface area contributed by atoms with Crippen molar-refractivity contribution >= 4 is 28.9 Å². The zero-order valence-electron chi connectivity index (χ0n) is 30.5. The molecule has 0 aromatic carbocycles. The third-order valence-corrected chi connectivity index (χ3v) is 9.51. The highest BCUT2D eigenvalue weighted by atomic mass is 16.1. The molecule has 0 amide bonds. The Morgan fingerprint density at radius 3 is 1.15 bits per heavy atom. The van der Waals surface area contributed by atoms with Gasteiger partial charge in [-0.2, -0.15) is 0 Å². The van der Waals surface area contributed by atoms with Crippen molar-refractivity contribution in [1.82, 2.24) is 24.5 Å². The topological polar surface area (TPSA) is 102 Å². The number of nitrogens with zero attached hydrogens (tertiary/aromatic N) is 5. The lowest BCUT2D eigenvalue weighted by atomic mass is 10.0. The number of carbonyl (C=O) groups is 5. The standard InChI is InChI=1S/C8H15NO.C8H13NO.C7H13NO.C7H11NO.C6H11NO/c2*1-7(10)8-5-3-4-6-9(8)2;2*1-6(9)7-4-3-5-8(7)2;1-5(8)6-3-4-7(6)2/h8H,3-6H2,1-2H3;3-4,8H,5-6H2,1-2H3;7H,3-5H2,1-2H3;3-4,7H,5H2,1-2H3;6H,3-4H2,1-2H3. The molecular weight excluding hydrogens is 582 g/mol. The molecule has 0 spiro atoms. The first-order valence-electron chi connectivity index (χ1n) is 16.9. The molecule has 46 heavy (non-hydrogen) atoms. The van der Waals surface area contributed by atoms with Crippen molar-refractivity contribution in [1.29, 1.82) is 0 Å². The molecular formula is C36H63N5O5. The minimum atomic E-state index is 0.0463. The summed E-state index contributed by atoms with van der Waals surface area (Å²) >= 11 is 0. The van der Waals surface area contributed by atoms with E-state index in [1.165, 1.54) is 19.3 Å². The molecule has 0 saturated carbocycles. The van der Waals surface area contributed by atoms with E-state index in [0.29, 0.717) is 17.3 Å². The summed E-state index contributed by atoms with van der Waals surface area (Å²) < 4.78 is 0. The van der Waals surface area contributed by atoms with Crippen LogP contribution in [0.3, 0.4) is 0 Å². The van der Waals surface area contributed by atoms with Crippen molar-refractivity contribution in [2.24, 2.45) is 0 Å². The van der Waals surface area contributed by atoms with Crippen molar-refractivity contribution in [3.8, 4) is 0 Å². The summed E-state index contributed by atoms with van der Waals surface area (Å²) in [4.78, 5) is 64.5. The van der Waals surface area contributed by atoms with Gasteiger partial charge in [0.05, 0.1) is 30.2 Å². The Morgan fingerprint density at radius 2 is 0.913 bits per heavy atom. The minimum Gasteiger partial charge on any atom is -0.298 e. The van der Waals surface area contributed by atoms with Gasteiger partial charge in [-0.25, -0.2) is 0 Å². The molecule has 5 heterocycles. The van der Waals surface area contributed by atoms with E-state index in [0.717, 1.165) is 58.4 Å². The number of rotatable bonds is 5. The van der Waals surface area contributed by atoms with E-state index in [1.807, 2.05) is 52.3 Å². The summed E-state index contributed by atoms with van der Waals surface area (Å²) in [6, 6.07) is 0.865. The monoisotopic (exact) mass is 645 g/mol. The molecule has 3 saturated heterocycles. The van der Waals surface area contributed by atoms with Gasteiger partial charge in [-0.1, -0.05) is 30.7 Å². The van der Waals surface area contributed by atoms with Crippen LogP contribution in [0.2, 0.25) is 0 Å². The summed E-state index contributed by atoms with van der Waals surface area (Å²) in [7, 11) is 9.96. The predicted molar refractivity (Wildman–Crippen MR) is 186 cm³/mol. The average Bonchev–Trinajstić information content (AvgIpc) is 3.61. The first-order chi connectivity index (χ1) is 21.6. The number of hydrogen-bond acceptors (Lipinski definition) is 10. The van der Waals surface area contributed by atoms with Crippen molar-refractivity contribution in [3.05, 3.63) is 24.3 Å². The Bertz CT molecular complexity index is 1060. The van der Waals surface area contributed by atoms with Crippen LogP contribution in [0.1, 0.15) is 79.6 Å². The third-order valence-electron chi connectivity index (χ3n) is 9.51. The summed E-state index contributed by atoms with van der Waals surface area (Å²) in [5.74, 6) is 1.44. The predicted octanol–water partition coefficient (Wildman–Crippen LogP) is 3.29. The Labute approximate surface area is 279 Å². The maximum Gasteiger partial charge on any atom is 0.150 e. The van der Waals surface area contributed by atoms with Gasteiger partial charge in [-0.3, -0.25) is 48.5 Å². The highest BCUT2D eigenvalue weighted by molar-refractivity contribution is 5.84. The van der Waals surface area contributed by atoms with Crippen LogP contribution in [0.25, 0.3) is 0 Å². The summed E-state index contributed by atoms with van der Waals surface area (Å²) in [5.41, 5.74) is 0. The highest BCUT2D eigenvalue weighted by Crippen LogP contribution is 2.16. The smallest absolute Gasteiger partial charge is 0.150 e. The second kappa shape index (κ2) is 21.5. The Hall–Kier alpha value is -2.37. The van der Waals surface area contributed by atoms with Gasteiger partial charge in [0.25, 0.3) is 0 Å². The van der Waals surface area contributed by atoms with E-state index in [9.17, 15) is 24.0 Å². The second-order valence-electron chi connectivity index (χ2n) is 13.4. The number of likely N-dealkylation sites (N-methyl/N-ethyl adjacent to an activating group) is 5. The fraction of sp³-hybridized carbons (Fsp3) is 0.750. The second-order valence-corrected chi connectivity index (χ2v) is 13.4. The van der Waals surface area contributed by atoms with Gasteiger partial charge in [-0.15, -0.1) is 0 Å². The van der Waals surface area contributed by atoms with Crippen molar-refractivity contribution in [2.75, 3.05) is 68.0 Å². The van der Waals surface area contributed by atoms with Gasteiger partial charge in [0.2, 0.25) is 0 Å². The molecule has 0 aromatic heterocycles. The lowest BCUT2D eigenvalue weighted by molar-refractivity contribution is -0.125. The molecule has 5 aliphatic rings. The van der Waals surface area contributed by atoms with E-state index < -0.39 is 0 Å². The van der Waals surface area contributed by atoms with Crippen LogP contribution in [-0.2, 0) is 24.0 Å². The summed E-state index contributed by atoms with van der Waals surface area (Å²) in [6.45, 7) is 13.4. The van der Waals surface area contributed by atoms with E-state index >= 15 is 0 Å². The first-order valence-corrected chi connectivity index (χ1v) is 16.9. The number of likely N-dealkylation sites (tertiary alicyclic amines) is 3. The van der Waals surface area contributed by atoms with Gasteiger partial charge in [0.1, 0.15) is 23.1 Å². The van der Waals surface area contributed by atoms with Crippen LogP contribution in [0.5, 0.6) is 0 Å². The van der Waals surface area contributed by atoms with Crippen LogP contribution in [0, 0.1) is 0 Å². The maximum absolute atomic E-state index is 11.0. The molecule has 0 bridgehead atoms. The molecule has 262 valence electrons. The van der Waals surface area contributed by atoms with Crippen molar-refractivity contribution in [2.45, 2.75) is 110 Å². The molecule has 0 aromatic rings. The molecule has 5 rings (SSSR count). The summed E-state index contributed by atoms with van der Waals surface area (Å²) in [5, 5.41) is 0. The lowest BCUT2D eigenvalue weighted by Gasteiger charge is -2.35. The van der Waals surface area contributed by atoms with E-state index in [-0.39, 0.29) is 41.8 Å². The fourth-order valence-electron chi connectivity index (χ4n) is 6.35. The normalized spacial score (nSPS) is 28.1. The van der Waals surface area contributed by atoms with Crippen LogP contribution in [0.15, 0.2) is 24.3 Å². The molecule has 3 fully saturated rings. The van der Waals surface area contributed by atoms with Crippen molar-refractivity contribution < 1.29 is 24.0 Å². The van der Waals surface area contributed by atoms with E-state index in [2.05, 4.69) is 31.8 Å². The van der Waals surface area contributed by atoms with Crippen LogP contribution >= 0.6 is 0 Å². The van der Waals surface area contributed by atoms with E-state index in [1.54, 1.807) is 34.6 Å². The fourth-order valence-corrected chi connectivity index (χ4v) is 6.35. The zero-order chi connectivity index (χ0) is 35.0. The van der Waals surface area contributed by atoms with Gasteiger partial charge in [0.15, 0.2) is 5.78 Å². The van der Waals surface area contributed by atoms with Gasteiger partial charge >= 0.3 is 0 Å². The largest absolute Gasteiger partial charge is 0.298 e. The zero-order valence-corrected chi connectivity index (χ0v) is 30.5. The van der Waals surface area contributed by atoms with Gasteiger partial charge < -0.3 is 0 Å². The molecule has 10 heteroatoms. The van der Waals surface area contributed by atoms with Crippen molar-refractivity contribution in [3.63, 3.8) is 0 Å². The number of hydrogen-bond donors (Lipinski definition) is 0. The quantitative estimate of drug-likeness (QED) is 0.414. The molecule has 10 nitrogen and oxygen atoms in total. The molecule has 0 radical (unpaired) electrons. The van der Waals surface area contributed by atoms with Crippen LogP contribution < -0.4 is 0 Å². The first kappa shape index (κ1) is 41.7. The Kier molecular flexibility index (Phi) is 19.5. The number of ketones is 5. The molecule has 0 N–H and O–H groups in total. The highest BCUT2D eigenvalue weighted by Gasteiger charge is 2.27. The van der Waals surface area contributed by atoms with Crippen LogP contribution in [-0.4, -0.2) is 152 Å². The van der Waals surface area contributed by atoms with Gasteiger partial charge in [-0.05, 0) is 121 Å². The molecule has 5 aliphatic heterocycles. The number of piperidine rings is 1. The maximum atomic E-state index is 11.0. The molecule has 5 atom stereocenters. The Morgan fingerprint density at radius 1 is 0.457 bits per heavy atom. The third kappa shape index (κ3) is 14.6. The average molecular weight is 646 g/mol. The molecule has 0 aliphatic carbocycles. The van der Waals surface area contributed by atoms with Crippen LogP contribution in [0.4, 0.5) is 0 Å². The molecule has 5 unspecified atom stereocenters. The number of carbonyl (C=O) groups excluding carboxylic acids is 5. The lowest BCUT2D eigenvalue weighted by Crippen LogP contribution is -2.48. The SMILES string of the molecule is CC(=O)C1C=CCN1C.CC(=O)C1CC=CCN1C.CC(=O)C1CCCCN1C.CC(=O)C1CCCN1C.CC(=O)C1CCN1C. The minimum absolute atomic E-state index is 0.0463. The summed E-state index contributed by atoms with van der Waals surface area (Å²) in [6.07, 6.45) is 15.9. The van der Waals surface area contributed by atoms with Gasteiger partial charge in [0, 0.05) is 19.6 Å². The van der Waals surface area contributed by atoms with E-state index in [4.69, 9.17) is 0 Å².